The number of nitrogens with zero attached hydrogens (tertiary/aromatic N) is 2. The van der Waals surface area contributed by atoms with Crippen molar-refractivity contribution in [1.29, 1.82) is 0 Å². The molecule has 2 aromatic carbocycles. The van der Waals surface area contributed by atoms with Crippen LogP contribution in [0.5, 0.6) is 11.5 Å². The van der Waals surface area contributed by atoms with Crippen molar-refractivity contribution in [3.8, 4) is 22.8 Å². The van der Waals surface area contributed by atoms with E-state index in [1.807, 2.05) is 55.5 Å². The van der Waals surface area contributed by atoms with E-state index in [1.54, 1.807) is 13.3 Å². The van der Waals surface area contributed by atoms with Gasteiger partial charge in [0.2, 0.25) is 5.13 Å². The lowest BCUT2D eigenvalue weighted by molar-refractivity contribution is 0.0607. The van der Waals surface area contributed by atoms with E-state index in [-0.39, 0.29) is 0 Å². The number of rotatable bonds is 9. The number of hydrazone groups is 1. The van der Waals surface area contributed by atoms with E-state index in [9.17, 15) is 4.79 Å². The van der Waals surface area contributed by atoms with Crippen LogP contribution in [0.3, 0.4) is 0 Å². The molecule has 0 bridgehead atoms. The number of esters is 1. The largest absolute Gasteiger partial charge is 0.493 e. The Kier molecular flexibility index (Phi) is 7.40. The molecule has 1 N–H and O–H groups in total. The lowest BCUT2D eigenvalue weighted by atomic mass is 10.1. The summed E-state index contributed by atoms with van der Waals surface area (Å²) in [5.74, 6) is 0.833. The number of aromatic nitrogens is 1. The van der Waals surface area contributed by atoms with Crippen LogP contribution in [-0.4, -0.2) is 38.0 Å². The van der Waals surface area contributed by atoms with Crippen molar-refractivity contribution in [3.63, 3.8) is 0 Å². The number of para-hydroxylation sites is 1. The van der Waals surface area contributed by atoms with Crippen molar-refractivity contribution < 1.29 is 19.0 Å². The fraction of sp³-hybridized carbons (Fsp3) is 0.227. The summed E-state index contributed by atoms with van der Waals surface area (Å²) in [7, 11) is 2.95. The average molecular weight is 426 g/mol. The smallest absolute Gasteiger partial charge is 0.350 e. The maximum atomic E-state index is 12.2. The van der Waals surface area contributed by atoms with Crippen molar-refractivity contribution in [2.24, 2.45) is 5.10 Å². The normalized spacial score (nSPS) is 10.8. The van der Waals surface area contributed by atoms with Crippen molar-refractivity contribution in [2.75, 3.05) is 26.3 Å². The summed E-state index contributed by atoms with van der Waals surface area (Å²) in [6.07, 6.45) is 2.51. The van der Waals surface area contributed by atoms with E-state index in [1.165, 1.54) is 18.4 Å². The summed E-state index contributed by atoms with van der Waals surface area (Å²) < 4.78 is 16.1. The third-order valence-electron chi connectivity index (χ3n) is 4.09. The van der Waals surface area contributed by atoms with Crippen LogP contribution in [-0.2, 0) is 4.74 Å². The Labute approximate surface area is 179 Å². The van der Waals surface area contributed by atoms with Gasteiger partial charge in [-0.15, -0.1) is 0 Å². The first-order valence-electron chi connectivity index (χ1n) is 9.41. The van der Waals surface area contributed by atoms with E-state index >= 15 is 0 Å². The monoisotopic (exact) mass is 425 g/mol. The molecule has 30 heavy (non-hydrogen) atoms. The highest BCUT2D eigenvalue weighted by Gasteiger charge is 2.20. The highest BCUT2D eigenvalue weighted by Crippen LogP contribution is 2.32. The zero-order valence-corrected chi connectivity index (χ0v) is 17.9. The van der Waals surface area contributed by atoms with Gasteiger partial charge in [-0.1, -0.05) is 54.7 Å². The number of carbonyl (C=O) groups excluding carboxylic acids is 1. The SMILES string of the molecule is CCCOc1c(/C=N\Nc2nc(-c3ccccc3)c(C(=O)OC)s2)cccc1OC. The Morgan fingerprint density at radius 3 is 2.67 bits per heavy atom. The second-order valence-electron chi connectivity index (χ2n) is 6.15. The first-order valence-corrected chi connectivity index (χ1v) is 10.2. The molecule has 8 heteroatoms. The second kappa shape index (κ2) is 10.4. The van der Waals surface area contributed by atoms with Gasteiger partial charge in [-0.25, -0.2) is 9.78 Å². The molecule has 1 aromatic heterocycles. The topological polar surface area (TPSA) is 82.0 Å². The van der Waals surface area contributed by atoms with Crippen LogP contribution < -0.4 is 14.9 Å². The number of hydrogen-bond donors (Lipinski definition) is 1. The van der Waals surface area contributed by atoms with Gasteiger partial charge in [0.15, 0.2) is 11.5 Å². The Hall–Kier alpha value is -3.39. The van der Waals surface area contributed by atoms with Crippen molar-refractivity contribution in [2.45, 2.75) is 13.3 Å². The van der Waals surface area contributed by atoms with Gasteiger partial charge >= 0.3 is 5.97 Å². The summed E-state index contributed by atoms with van der Waals surface area (Å²) >= 11 is 1.18. The van der Waals surface area contributed by atoms with Gasteiger partial charge in [0.1, 0.15) is 4.88 Å². The number of hydrogen-bond acceptors (Lipinski definition) is 8. The Morgan fingerprint density at radius 2 is 1.97 bits per heavy atom. The van der Waals surface area contributed by atoms with E-state index < -0.39 is 5.97 Å². The summed E-state index contributed by atoms with van der Waals surface area (Å²) in [6.45, 7) is 2.61. The molecule has 0 unspecified atom stereocenters. The Balaban J connectivity index is 1.85. The van der Waals surface area contributed by atoms with Crippen LogP contribution in [0, 0.1) is 0 Å². The molecule has 156 valence electrons. The third kappa shape index (κ3) is 4.96. The molecule has 7 nitrogen and oxygen atoms in total. The van der Waals surface area contributed by atoms with Gasteiger partial charge in [-0.3, -0.25) is 5.43 Å². The van der Waals surface area contributed by atoms with E-state index in [2.05, 4.69) is 15.5 Å². The van der Waals surface area contributed by atoms with Gasteiger partial charge in [-0.05, 0) is 18.6 Å². The quantitative estimate of drug-likeness (QED) is 0.300. The first-order chi connectivity index (χ1) is 14.7. The lowest BCUT2D eigenvalue weighted by Gasteiger charge is -2.12. The number of thiazole rings is 1. The van der Waals surface area contributed by atoms with Crippen molar-refractivity contribution in [1.82, 2.24) is 4.98 Å². The number of carbonyl (C=O) groups is 1. The van der Waals surface area contributed by atoms with Crippen molar-refractivity contribution >= 4 is 28.7 Å². The third-order valence-corrected chi connectivity index (χ3v) is 5.03. The average Bonchev–Trinajstić information content (AvgIpc) is 3.22. The Bertz CT molecular complexity index is 1020. The first kappa shape index (κ1) is 21.3. The predicted molar refractivity (Wildman–Crippen MR) is 119 cm³/mol. The Morgan fingerprint density at radius 1 is 1.17 bits per heavy atom. The molecule has 3 aromatic rings. The molecular formula is C22H23N3O4S. The minimum Gasteiger partial charge on any atom is -0.493 e. The zero-order chi connectivity index (χ0) is 21.3. The van der Waals surface area contributed by atoms with Gasteiger partial charge in [0.25, 0.3) is 0 Å². The minimum absolute atomic E-state index is 0.412. The van der Waals surface area contributed by atoms with E-state index in [0.717, 1.165) is 17.5 Å². The molecule has 0 amide bonds. The van der Waals surface area contributed by atoms with Crippen LogP contribution >= 0.6 is 11.3 Å². The van der Waals surface area contributed by atoms with Crippen LogP contribution in [0.2, 0.25) is 0 Å². The van der Waals surface area contributed by atoms with Crippen LogP contribution in [0.4, 0.5) is 5.13 Å². The summed E-state index contributed by atoms with van der Waals surface area (Å²) in [5.41, 5.74) is 5.05. The standard InChI is InChI=1S/C22H23N3O4S/c1-4-13-29-19-16(11-8-12-17(19)27-2)14-23-25-22-24-18(15-9-6-5-7-10-15)20(30-22)21(26)28-3/h5-12,14H,4,13H2,1-3H3,(H,24,25)/b23-14-. The zero-order valence-electron chi connectivity index (χ0n) is 17.0. The lowest BCUT2D eigenvalue weighted by Crippen LogP contribution is -2.01. The summed E-state index contributed by atoms with van der Waals surface area (Å²) in [5, 5.41) is 4.75. The molecule has 0 spiro atoms. The molecule has 0 radical (unpaired) electrons. The maximum absolute atomic E-state index is 12.2. The van der Waals surface area contributed by atoms with Gasteiger partial charge in [0, 0.05) is 11.1 Å². The summed E-state index contributed by atoms with van der Waals surface area (Å²) in [6, 6.07) is 15.1. The fourth-order valence-corrected chi connectivity index (χ4v) is 3.56. The summed E-state index contributed by atoms with van der Waals surface area (Å²) in [4.78, 5) is 17.1. The molecule has 0 aliphatic carbocycles. The van der Waals surface area contributed by atoms with Crippen molar-refractivity contribution in [3.05, 3.63) is 59.0 Å². The molecule has 3 rings (SSSR count). The number of ether oxygens (including phenoxy) is 3. The fourth-order valence-electron chi connectivity index (χ4n) is 2.70. The molecule has 0 aliphatic rings. The number of methoxy groups -OCH3 is 2. The molecule has 0 aliphatic heterocycles. The van der Waals surface area contributed by atoms with Gasteiger partial charge in [0.05, 0.1) is 32.7 Å². The second-order valence-corrected chi connectivity index (χ2v) is 7.15. The highest BCUT2D eigenvalue weighted by molar-refractivity contribution is 7.17. The maximum Gasteiger partial charge on any atom is 0.350 e. The molecule has 1 heterocycles. The molecule has 0 saturated heterocycles. The molecule has 0 atom stereocenters. The number of anilines is 1. The minimum atomic E-state index is -0.438. The number of benzene rings is 2. The number of nitrogens with one attached hydrogen (secondary N) is 1. The van der Waals surface area contributed by atoms with Gasteiger partial charge in [-0.2, -0.15) is 5.10 Å². The predicted octanol–water partition coefficient (Wildman–Crippen LogP) is 4.84. The molecule has 0 fully saturated rings. The molecular weight excluding hydrogens is 402 g/mol. The van der Waals surface area contributed by atoms with Gasteiger partial charge < -0.3 is 14.2 Å². The highest BCUT2D eigenvalue weighted by atomic mass is 32.1. The van der Waals surface area contributed by atoms with Crippen LogP contribution in [0.1, 0.15) is 28.6 Å². The van der Waals surface area contributed by atoms with Crippen LogP contribution in [0.15, 0.2) is 53.6 Å². The molecule has 0 saturated carbocycles. The van der Waals surface area contributed by atoms with Crippen LogP contribution in [0.25, 0.3) is 11.3 Å². The van der Waals surface area contributed by atoms with E-state index in [4.69, 9.17) is 14.2 Å². The van der Waals surface area contributed by atoms with E-state index in [0.29, 0.717) is 33.8 Å².